The van der Waals surface area contributed by atoms with Gasteiger partial charge in [-0.15, -0.1) is 0 Å². The Morgan fingerprint density at radius 2 is 1.95 bits per heavy atom. The van der Waals surface area contributed by atoms with Crippen LogP contribution in [0.15, 0.2) is 58.2 Å². The largest absolute Gasteiger partial charge is 0.338 e. The Kier molecular flexibility index (Phi) is 3.99. The SMILES string of the molecule is Clc1ccc(-c2noc(CSc3ccccn3)n2)cc1. The lowest BCUT2D eigenvalue weighted by Crippen LogP contribution is -1.84. The fourth-order valence-corrected chi connectivity index (χ4v) is 2.42. The molecule has 0 aliphatic carbocycles. The van der Waals surface area contributed by atoms with E-state index < -0.39 is 0 Å². The summed E-state index contributed by atoms with van der Waals surface area (Å²) in [5, 5.41) is 5.58. The van der Waals surface area contributed by atoms with Gasteiger partial charge in [0.05, 0.1) is 10.8 Å². The number of hydrogen-bond acceptors (Lipinski definition) is 5. The summed E-state index contributed by atoms with van der Waals surface area (Å²) in [4.78, 5) is 8.58. The van der Waals surface area contributed by atoms with Crippen molar-refractivity contribution in [1.29, 1.82) is 0 Å². The quantitative estimate of drug-likeness (QED) is 0.680. The molecule has 0 aliphatic rings. The Bertz CT molecular complexity index is 685. The highest BCUT2D eigenvalue weighted by atomic mass is 35.5. The first kappa shape index (κ1) is 13.1. The highest BCUT2D eigenvalue weighted by molar-refractivity contribution is 7.98. The molecule has 3 rings (SSSR count). The van der Waals surface area contributed by atoms with Crippen LogP contribution < -0.4 is 0 Å². The van der Waals surface area contributed by atoms with E-state index in [-0.39, 0.29) is 0 Å². The second-order valence-electron chi connectivity index (χ2n) is 3.98. The molecule has 0 fully saturated rings. The molecule has 0 spiro atoms. The smallest absolute Gasteiger partial charge is 0.237 e. The molecule has 2 aromatic heterocycles. The Morgan fingerprint density at radius 3 is 2.70 bits per heavy atom. The molecule has 1 aromatic carbocycles. The third kappa shape index (κ3) is 3.18. The maximum atomic E-state index is 5.85. The highest BCUT2D eigenvalue weighted by Crippen LogP contribution is 2.22. The second kappa shape index (κ2) is 6.07. The predicted molar refractivity (Wildman–Crippen MR) is 78.5 cm³/mol. The number of aromatic nitrogens is 3. The van der Waals surface area contributed by atoms with Crippen molar-refractivity contribution >= 4 is 23.4 Å². The number of nitrogens with zero attached hydrogens (tertiary/aromatic N) is 3. The Hall–Kier alpha value is -1.85. The minimum Gasteiger partial charge on any atom is -0.338 e. The highest BCUT2D eigenvalue weighted by Gasteiger charge is 2.09. The molecule has 0 saturated carbocycles. The van der Waals surface area contributed by atoms with Crippen LogP contribution in [-0.4, -0.2) is 15.1 Å². The first-order valence-electron chi connectivity index (χ1n) is 5.93. The van der Waals surface area contributed by atoms with Crippen LogP contribution >= 0.6 is 23.4 Å². The van der Waals surface area contributed by atoms with Gasteiger partial charge in [-0.2, -0.15) is 4.98 Å². The summed E-state index contributed by atoms with van der Waals surface area (Å²) in [5.41, 5.74) is 0.882. The normalized spacial score (nSPS) is 10.7. The van der Waals surface area contributed by atoms with Crippen molar-refractivity contribution in [3.05, 3.63) is 59.6 Å². The zero-order chi connectivity index (χ0) is 13.8. The lowest BCUT2D eigenvalue weighted by Gasteiger charge is -1.95. The topological polar surface area (TPSA) is 51.8 Å². The van der Waals surface area contributed by atoms with E-state index in [0.29, 0.717) is 22.5 Å². The average molecular weight is 304 g/mol. The van der Waals surface area contributed by atoms with E-state index >= 15 is 0 Å². The fourth-order valence-electron chi connectivity index (χ4n) is 1.60. The molecule has 0 N–H and O–H groups in total. The summed E-state index contributed by atoms with van der Waals surface area (Å²) in [5.74, 6) is 1.74. The summed E-state index contributed by atoms with van der Waals surface area (Å²) in [6, 6.07) is 13.1. The van der Waals surface area contributed by atoms with E-state index in [2.05, 4.69) is 15.1 Å². The van der Waals surface area contributed by atoms with E-state index in [1.165, 1.54) is 0 Å². The van der Waals surface area contributed by atoms with E-state index in [4.69, 9.17) is 16.1 Å². The van der Waals surface area contributed by atoms with Crippen LogP contribution in [0.1, 0.15) is 5.89 Å². The first-order valence-corrected chi connectivity index (χ1v) is 7.30. The van der Waals surface area contributed by atoms with Crippen LogP contribution in [0.4, 0.5) is 0 Å². The van der Waals surface area contributed by atoms with Crippen LogP contribution in [0.3, 0.4) is 0 Å². The predicted octanol–water partition coefficient (Wildman–Crippen LogP) is 4.08. The second-order valence-corrected chi connectivity index (χ2v) is 5.41. The van der Waals surface area contributed by atoms with Crippen molar-refractivity contribution in [3.63, 3.8) is 0 Å². The van der Waals surface area contributed by atoms with E-state index in [0.717, 1.165) is 10.6 Å². The number of rotatable bonds is 4. The van der Waals surface area contributed by atoms with Crippen molar-refractivity contribution in [1.82, 2.24) is 15.1 Å². The maximum Gasteiger partial charge on any atom is 0.237 e. The van der Waals surface area contributed by atoms with Crippen molar-refractivity contribution < 1.29 is 4.52 Å². The molecule has 0 radical (unpaired) electrons. The number of halogens is 1. The fraction of sp³-hybridized carbons (Fsp3) is 0.0714. The van der Waals surface area contributed by atoms with Crippen molar-refractivity contribution in [2.45, 2.75) is 10.8 Å². The Balaban J connectivity index is 1.69. The minimum absolute atomic E-state index is 0.568. The molecule has 0 bridgehead atoms. The molecular formula is C14H10ClN3OS. The summed E-state index contributed by atoms with van der Waals surface area (Å²) in [6.07, 6.45) is 1.76. The molecule has 6 heteroatoms. The molecular weight excluding hydrogens is 294 g/mol. The molecule has 3 aromatic rings. The van der Waals surface area contributed by atoms with Crippen molar-refractivity contribution in [2.24, 2.45) is 0 Å². The van der Waals surface area contributed by atoms with Gasteiger partial charge in [0.15, 0.2) is 0 Å². The molecule has 0 atom stereocenters. The minimum atomic E-state index is 0.568. The molecule has 0 amide bonds. The van der Waals surface area contributed by atoms with Gasteiger partial charge in [-0.05, 0) is 36.4 Å². The van der Waals surface area contributed by atoms with Crippen LogP contribution in [0.5, 0.6) is 0 Å². The van der Waals surface area contributed by atoms with Gasteiger partial charge in [-0.1, -0.05) is 34.6 Å². The number of pyridine rings is 1. The monoisotopic (exact) mass is 303 g/mol. The van der Waals surface area contributed by atoms with Crippen LogP contribution in [-0.2, 0) is 5.75 Å². The number of benzene rings is 1. The maximum absolute atomic E-state index is 5.85. The van der Waals surface area contributed by atoms with Crippen LogP contribution in [0, 0.1) is 0 Å². The van der Waals surface area contributed by atoms with Crippen LogP contribution in [0.25, 0.3) is 11.4 Å². The molecule has 0 unspecified atom stereocenters. The zero-order valence-electron chi connectivity index (χ0n) is 10.4. The van der Waals surface area contributed by atoms with Gasteiger partial charge in [0.1, 0.15) is 0 Å². The van der Waals surface area contributed by atoms with Crippen molar-refractivity contribution in [2.75, 3.05) is 0 Å². The zero-order valence-corrected chi connectivity index (χ0v) is 11.9. The summed E-state index contributed by atoms with van der Waals surface area (Å²) < 4.78 is 5.23. The van der Waals surface area contributed by atoms with Gasteiger partial charge < -0.3 is 4.52 Å². The van der Waals surface area contributed by atoms with Gasteiger partial charge >= 0.3 is 0 Å². The third-order valence-corrected chi connectivity index (χ3v) is 3.73. The Morgan fingerprint density at radius 1 is 1.10 bits per heavy atom. The number of thioether (sulfide) groups is 1. The molecule has 100 valence electrons. The van der Waals surface area contributed by atoms with Gasteiger partial charge in [0.25, 0.3) is 0 Å². The summed E-state index contributed by atoms with van der Waals surface area (Å²) in [6.45, 7) is 0. The molecule has 4 nitrogen and oxygen atoms in total. The molecule has 0 saturated heterocycles. The molecule has 20 heavy (non-hydrogen) atoms. The van der Waals surface area contributed by atoms with Gasteiger partial charge in [0.2, 0.25) is 11.7 Å². The van der Waals surface area contributed by atoms with Crippen molar-refractivity contribution in [3.8, 4) is 11.4 Å². The molecule has 2 heterocycles. The lowest BCUT2D eigenvalue weighted by atomic mass is 10.2. The van der Waals surface area contributed by atoms with Gasteiger partial charge in [-0.25, -0.2) is 4.98 Å². The Labute approximate surface area is 125 Å². The van der Waals surface area contributed by atoms with Crippen LogP contribution in [0.2, 0.25) is 5.02 Å². The third-order valence-electron chi connectivity index (χ3n) is 2.55. The average Bonchev–Trinajstić information content (AvgIpc) is 2.96. The first-order chi connectivity index (χ1) is 9.81. The molecule has 0 aliphatic heterocycles. The standard InChI is InChI=1S/C14H10ClN3OS/c15-11-6-4-10(5-7-11)14-17-12(19-18-14)9-20-13-3-1-2-8-16-13/h1-8H,9H2. The number of hydrogen-bond donors (Lipinski definition) is 0. The van der Waals surface area contributed by atoms with Gasteiger partial charge in [0, 0.05) is 16.8 Å². The summed E-state index contributed by atoms with van der Waals surface area (Å²) in [7, 11) is 0. The van der Waals surface area contributed by atoms with E-state index in [9.17, 15) is 0 Å². The lowest BCUT2D eigenvalue weighted by molar-refractivity contribution is 0.391. The van der Waals surface area contributed by atoms with E-state index in [1.807, 2.05) is 30.3 Å². The summed E-state index contributed by atoms with van der Waals surface area (Å²) >= 11 is 7.40. The van der Waals surface area contributed by atoms with Gasteiger partial charge in [-0.3, -0.25) is 0 Å². The van der Waals surface area contributed by atoms with E-state index in [1.54, 1.807) is 30.1 Å².